The predicted octanol–water partition coefficient (Wildman–Crippen LogP) is 3.06. The van der Waals surface area contributed by atoms with Gasteiger partial charge in [0.1, 0.15) is 21.8 Å². The Morgan fingerprint density at radius 3 is 2.83 bits per heavy atom. The van der Waals surface area contributed by atoms with Gasteiger partial charge in [-0.1, -0.05) is 11.3 Å². The summed E-state index contributed by atoms with van der Waals surface area (Å²) in [5.41, 5.74) is 1.65. The van der Waals surface area contributed by atoms with Gasteiger partial charge in [-0.3, -0.25) is 4.79 Å². The summed E-state index contributed by atoms with van der Waals surface area (Å²) in [5.74, 6) is 0.0325. The first kappa shape index (κ1) is 20.0. The molecular formula is C19H18BrN7O3. The van der Waals surface area contributed by atoms with Crippen molar-refractivity contribution >= 4 is 33.7 Å². The Kier molecular flexibility index (Phi) is 5.70. The number of carbonyl (C=O) groups is 2. The molecule has 2 N–H and O–H groups in total. The van der Waals surface area contributed by atoms with E-state index in [1.807, 2.05) is 0 Å². The molecule has 0 bridgehead atoms. The molecule has 0 unspecified atom stereocenters. The van der Waals surface area contributed by atoms with Crippen LogP contribution in [0.4, 0.5) is 10.6 Å². The van der Waals surface area contributed by atoms with E-state index in [9.17, 15) is 14.7 Å². The van der Waals surface area contributed by atoms with Gasteiger partial charge in [0.2, 0.25) is 0 Å². The summed E-state index contributed by atoms with van der Waals surface area (Å²) < 4.78 is 2.28. The molecule has 1 fully saturated rings. The van der Waals surface area contributed by atoms with Gasteiger partial charge in [-0.25, -0.2) is 19.4 Å². The summed E-state index contributed by atoms with van der Waals surface area (Å²) in [4.78, 5) is 33.3. The third-order valence-corrected chi connectivity index (χ3v) is 5.24. The molecule has 0 saturated carbocycles. The molecule has 1 saturated heterocycles. The number of hydrogen-bond donors (Lipinski definition) is 2. The largest absolute Gasteiger partial charge is 0.465 e. The Morgan fingerprint density at radius 2 is 2.10 bits per heavy atom. The Hall–Kier alpha value is -3.34. The maximum absolute atomic E-state index is 12.3. The number of carbonyl (C=O) groups excluding carboxylic acids is 1. The van der Waals surface area contributed by atoms with Gasteiger partial charge in [-0.2, -0.15) is 0 Å². The van der Waals surface area contributed by atoms with Gasteiger partial charge in [0, 0.05) is 24.8 Å². The first-order valence-corrected chi connectivity index (χ1v) is 10.1. The molecule has 30 heavy (non-hydrogen) atoms. The van der Waals surface area contributed by atoms with Crippen LogP contribution in [0.25, 0.3) is 11.3 Å². The number of likely N-dealkylation sites (tertiary alicyclic amines) is 1. The van der Waals surface area contributed by atoms with Crippen LogP contribution in [0, 0.1) is 0 Å². The van der Waals surface area contributed by atoms with Crippen LogP contribution in [0.15, 0.2) is 47.3 Å². The van der Waals surface area contributed by atoms with E-state index in [0.717, 1.165) is 18.4 Å². The number of hydrogen-bond acceptors (Lipinski definition) is 6. The van der Waals surface area contributed by atoms with Crippen molar-refractivity contribution < 1.29 is 14.7 Å². The number of carboxylic acid groups (broad SMARTS) is 1. The quantitative estimate of drug-likeness (QED) is 0.559. The topological polar surface area (TPSA) is 126 Å². The van der Waals surface area contributed by atoms with Crippen molar-refractivity contribution in [2.75, 3.05) is 18.4 Å². The highest BCUT2D eigenvalue weighted by Crippen LogP contribution is 2.23. The summed E-state index contributed by atoms with van der Waals surface area (Å²) in [6, 6.07) is 8.51. The number of amides is 2. The number of pyridine rings is 2. The molecule has 4 heterocycles. The zero-order valence-corrected chi connectivity index (χ0v) is 17.4. The van der Waals surface area contributed by atoms with Crippen molar-refractivity contribution in [1.29, 1.82) is 0 Å². The van der Waals surface area contributed by atoms with Crippen LogP contribution in [0.2, 0.25) is 0 Å². The highest BCUT2D eigenvalue weighted by molar-refractivity contribution is 9.10. The molecule has 0 radical (unpaired) electrons. The molecule has 4 rings (SSSR count). The molecule has 0 spiro atoms. The second-order valence-electron chi connectivity index (χ2n) is 6.84. The summed E-state index contributed by atoms with van der Waals surface area (Å²) in [5, 5.41) is 20.2. The molecule has 1 aliphatic rings. The lowest BCUT2D eigenvalue weighted by molar-refractivity contribution is 0.102. The van der Waals surface area contributed by atoms with Gasteiger partial charge in [-0.15, -0.1) is 5.10 Å². The molecule has 11 heteroatoms. The minimum absolute atomic E-state index is 0.0414. The number of nitrogens with one attached hydrogen (secondary N) is 1. The summed E-state index contributed by atoms with van der Waals surface area (Å²) in [6.45, 7) is 0.935. The van der Waals surface area contributed by atoms with Crippen LogP contribution >= 0.6 is 15.9 Å². The SMILES string of the molecule is O=C(Nc1ccc(-c2cn([C@@H]3CCCN(C(=O)O)C3)nn2)cn1)c1cccc(Br)n1. The lowest BCUT2D eigenvalue weighted by Gasteiger charge is -2.30. The van der Waals surface area contributed by atoms with Crippen LogP contribution in [0.3, 0.4) is 0 Å². The van der Waals surface area contributed by atoms with Crippen LogP contribution < -0.4 is 5.32 Å². The molecule has 3 aromatic heterocycles. The van der Waals surface area contributed by atoms with E-state index < -0.39 is 6.09 Å². The molecule has 1 atom stereocenters. The molecular weight excluding hydrogens is 454 g/mol. The van der Waals surface area contributed by atoms with Gasteiger partial charge in [0.25, 0.3) is 5.91 Å². The Labute approximate surface area is 180 Å². The van der Waals surface area contributed by atoms with Gasteiger partial charge in [-0.05, 0) is 53.0 Å². The van der Waals surface area contributed by atoms with Crippen molar-refractivity contribution in [1.82, 2.24) is 29.9 Å². The van der Waals surface area contributed by atoms with Crippen LogP contribution in [-0.4, -0.2) is 60.1 Å². The summed E-state index contributed by atoms with van der Waals surface area (Å²) in [7, 11) is 0. The first-order valence-electron chi connectivity index (χ1n) is 9.29. The Bertz CT molecular complexity index is 1070. The highest BCUT2D eigenvalue weighted by Gasteiger charge is 2.25. The van der Waals surface area contributed by atoms with Crippen molar-refractivity contribution in [3.8, 4) is 11.3 Å². The van der Waals surface area contributed by atoms with Crippen LogP contribution in [-0.2, 0) is 0 Å². The minimum Gasteiger partial charge on any atom is -0.465 e. The van der Waals surface area contributed by atoms with Crippen molar-refractivity contribution in [3.05, 3.63) is 53.0 Å². The van der Waals surface area contributed by atoms with Crippen molar-refractivity contribution in [2.45, 2.75) is 18.9 Å². The maximum Gasteiger partial charge on any atom is 0.407 e. The van der Waals surface area contributed by atoms with Crippen LogP contribution in [0.5, 0.6) is 0 Å². The fraction of sp³-hybridized carbons (Fsp3) is 0.263. The standard InChI is InChI=1S/C19H18BrN7O3/c20-16-5-1-4-14(22-16)18(28)23-17-7-6-12(9-21-17)15-11-27(25-24-15)13-3-2-8-26(10-13)19(29)30/h1,4-7,9,11,13H,2-3,8,10H2,(H,29,30)(H,21,23,28)/t13-/m1/s1. The van der Waals surface area contributed by atoms with Gasteiger partial charge in [0.15, 0.2) is 0 Å². The van der Waals surface area contributed by atoms with E-state index in [1.165, 1.54) is 4.90 Å². The lowest BCUT2D eigenvalue weighted by Crippen LogP contribution is -2.40. The van der Waals surface area contributed by atoms with E-state index >= 15 is 0 Å². The molecule has 3 aromatic rings. The van der Waals surface area contributed by atoms with E-state index in [1.54, 1.807) is 47.4 Å². The van der Waals surface area contributed by atoms with Gasteiger partial charge < -0.3 is 15.3 Å². The molecule has 154 valence electrons. The third kappa shape index (κ3) is 4.46. The smallest absolute Gasteiger partial charge is 0.407 e. The van der Waals surface area contributed by atoms with E-state index in [0.29, 0.717) is 29.2 Å². The van der Waals surface area contributed by atoms with Crippen molar-refractivity contribution in [3.63, 3.8) is 0 Å². The fourth-order valence-corrected chi connectivity index (χ4v) is 3.61. The number of aromatic nitrogens is 5. The second kappa shape index (κ2) is 8.57. The molecule has 1 aliphatic heterocycles. The normalized spacial score (nSPS) is 16.3. The lowest BCUT2D eigenvalue weighted by atomic mass is 10.1. The summed E-state index contributed by atoms with van der Waals surface area (Å²) in [6.07, 6.45) is 4.10. The molecule has 2 amide bonds. The number of piperidine rings is 1. The average Bonchev–Trinajstić information content (AvgIpc) is 3.25. The number of nitrogens with zero attached hydrogens (tertiary/aromatic N) is 6. The summed E-state index contributed by atoms with van der Waals surface area (Å²) >= 11 is 3.24. The van der Waals surface area contributed by atoms with Gasteiger partial charge in [0.05, 0.1) is 12.2 Å². The number of halogens is 1. The highest BCUT2D eigenvalue weighted by atomic mass is 79.9. The third-order valence-electron chi connectivity index (χ3n) is 4.80. The Morgan fingerprint density at radius 1 is 1.23 bits per heavy atom. The van der Waals surface area contributed by atoms with E-state index in [-0.39, 0.29) is 17.6 Å². The second-order valence-corrected chi connectivity index (χ2v) is 7.65. The van der Waals surface area contributed by atoms with Crippen molar-refractivity contribution in [2.24, 2.45) is 0 Å². The molecule has 10 nitrogen and oxygen atoms in total. The molecule has 0 aliphatic carbocycles. The predicted molar refractivity (Wildman–Crippen MR) is 111 cm³/mol. The Balaban J connectivity index is 1.43. The zero-order valence-electron chi connectivity index (χ0n) is 15.8. The number of anilines is 1. The maximum atomic E-state index is 12.3. The first-order chi connectivity index (χ1) is 14.5. The fourth-order valence-electron chi connectivity index (χ4n) is 3.27. The van der Waals surface area contributed by atoms with E-state index in [2.05, 4.69) is 41.5 Å². The average molecular weight is 472 g/mol. The minimum atomic E-state index is -0.917. The van der Waals surface area contributed by atoms with Gasteiger partial charge >= 0.3 is 6.09 Å². The monoisotopic (exact) mass is 471 g/mol. The zero-order chi connectivity index (χ0) is 21.1. The van der Waals surface area contributed by atoms with E-state index in [4.69, 9.17) is 0 Å². The number of rotatable bonds is 4. The van der Waals surface area contributed by atoms with Crippen LogP contribution in [0.1, 0.15) is 29.4 Å². The molecule has 0 aromatic carbocycles.